The highest BCUT2D eigenvalue weighted by Crippen LogP contribution is 2.05. The van der Waals surface area contributed by atoms with Gasteiger partial charge < -0.3 is 15.2 Å². The summed E-state index contributed by atoms with van der Waals surface area (Å²) in [6.07, 6.45) is 2.27. The molecule has 2 rings (SSSR count). The van der Waals surface area contributed by atoms with E-state index in [0.29, 0.717) is 36.7 Å². The molecule has 0 radical (unpaired) electrons. The molecule has 1 N–H and O–H groups in total. The Kier molecular flexibility index (Phi) is 6.41. The number of fused-ring (bicyclic) bond motifs is 1. The first-order valence-electron chi connectivity index (χ1n) is 7.87. The van der Waals surface area contributed by atoms with Crippen LogP contribution in [-0.2, 0) is 16.1 Å². The summed E-state index contributed by atoms with van der Waals surface area (Å²) in [5, 5.41) is 21.2. The molecule has 0 aliphatic heterocycles. The SMILES string of the molecule is O=C([O-])CCNC(=O)CCCCCn1nnc2ccccc2c1=O. The average Bonchev–Trinajstić information content (AvgIpc) is 2.56. The first kappa shape index (κ1) is 17.6. The van der Waals surface area contributed by atoms with Gasteiger partial charge in [0.15, 0.2) is 0 Å². The molecule has 24 heavy (non-hydrogen) atoms. The van der Waals surface area contributed by atoms with E-state index in [1.54, 1.807) is 24.3 Å². The van der Waals surface area contributed by atoms with Crippen LogP contribution in [0.4, 0.5) is 0 Å². The molecule has 0 atom stereocenters. The van der Waals surface area contributed by atoms with E-state index < -0.39 is 5.97 Å². The van der Waals surface area contributed by atoms with E-state index in [4.69, 9.17) is 0 Å². The van der Waals surface area contributed by atoms with Crippen LogP contribution in [0.25, 0.3) is 10.9 Å². The Morgan fingerprint density at radius 1 is 1.12 bits per heavy atom. The van der Waals surface area contributed by atoms with Crippen LogP contribution in [0.1, 0.15) is 32.1 Å². The summed E-state index contributed by atoms with van der Waals surface area (Å²) >= 11 is 0. The number of nitrogens with one attached hydrogen (secondary N) is 1. The zero-order valence-corrected chi connectivity index (χ0v) is 13.2. The van der Waals surface area contributed by atoms with E-state index >= 15 is 0 Å². The molecule has 0 saturated carbocycles. The van der Waals surface area contributed by atoms with Gasteiger partial charge in [0.05, 0.1) is 5.39 Å². The summed E-state index contributed by atoms with van der Waals surface area (Å²) < 4.78 is 1.34. The van der Waals surface area contributed by atoms with E-state index in [9.17, 15) is 19.5 Å². The van der Waals surface area contributed by atoms with Crippen LogP contribution in [0.3, 0.4) is 0 Å². The third-order valence-corrected chi connectivity index (χ3v) is 3.55. The molecule has 1 amide bonds. The van der Waals surface area contributed by atoms with E-state index in [0.717, 1.165) is 6.42 Å². The predicted molar refractivity (Wildman–Crippen MR) is 84.9 cm³/mol. The molecule has 0 aliphatic rings. The standard InChI is InChI=1S/C16H20N4O4/c21-14(17-10-9-15(22)23)8-2-1-5-11-20-16(24)12-6-3-4-7-13(12)18-19-20/h3-4,6-7H,1-2,5,8-11H2,(H,17,21)(H,22,23)/p-1. The molecule has 0 bridgehead atoms. The average molecular weight is 331 g/mol. The molecule has 2 aromatic rings. The van der Waals surface area contributed by atoms with Gasteiger partial charge in [0.2, 0.25) is 5.91 Å². The molecule has 1 aromatic carbocycles. The van der Waals surface area contributed by atoms with Crippen molar-refractivity contribution >= 4 is 22.8 Å². The summed E-state index contributed by atoms with van der Waals surface area (Å²) in [4.78, 5) is 33.9. The lowest BCUT2D eigenvalue weighted by atomic mass is 10.2. The maximum absolute atomic E-state index is 12.2. The van der Waals surface area contributed by atoms with Gasteiger partial charge in [-0.25, -0.2) is 4.68 Å². The van der Waals surface area contributed by atoms with Crippen molar-refractivity contribution < 1.29 is 14.7 Å². The Morgan fingerprint density at radius 2 is 1.92 bits per heavy atom. The van der Waals surface area contributed by atoms with Crippen molar-refractivity contribution in [3.63, 3.8) is 0 Å². The highest BCUT2D eigenvalue weighted by atomic mass is 16.4. The van der Waals surface area contributed by atoms with E-state index in [1.165, 1.54) is 4.68 Å². The quantitative estimate of drug-likeness (QED) is 0.625. The molecule has 1 aromatic heterocycles. The Bertz CT molecular complexity index is 772. The Balaban J connectivity index is 1.71. The number of aryl methyl sites for hydroxylation is 1. The van der Waals surface area contributed by atoms with Crippen molar-refractivity contribution in [2.24, 2.45) is 0 Å². The second kappa shape index (κ2) is 8.76. The number of hydrogen-bond acceptors (Lipinski definition) is 6. The monoisotopic (exact) mass is 331 g/mol. The normalized spacial score (nSPS) is 10.7. The predicted octanol–water partition coefficient (Wildman–Crippen LogP) is -0.392. The molecular weight excluding hydrogens is 312 g/mol. The zero-order chi connectivity index (χ0) is 17.4. The number of nitrogens with zero attached hydrogens (tertiary/aromatic N) is 3. The van der Waals surface area contributed by atoms with Gasteiger partial charge in [0.1, 0.15) is 5.52 Å². The van der Waals surface area contributed by atoms with Gasteiger partial charge in [0.25, 0.3) is 5.56 Å². The van der Waals surface area contributed by atoms with E-state index in [2.05, 4.69) is 15.6 Å². The molecule has 0 spiro atoms. The van der Waals surface area contributed by atoms with Gasteiger partial charge in [-0.1, -0.05) is 23.8 Å². The van der Waals surface area contributed by atoms with Crippen molar-refractivity contribution in [2.45, 2.75) is 38.6 Å². The first-order chi connectivity index (χ1) is 11.6. The van der Waals surface area contributed by atoms with E-state index in [-0.39, 0.29) is 24.4 Å². The Labute approximate surface area is 138 Å². The van der Waals surface area contributed by atoms with Crippen molar-refractivity contribution in [2.75, 3.05) is 6.54 Å². The Hall–Kier alpha value is -2.77. The van der Waals surface area contributed by atoms with Crippen molar-refractivity contribution in [3.05, 3.63) is 34.6 Å². The molecule has 1 heterocycles. The van der Waals surface area contributed by atoms with Gasteiger partial charge in [-0.05, 0) is 25.0 Å². The number of rotatable bonds is 9. The summed E-state index contributed by atoms with van der Waals surface area (Å²) in [6, 6.07) is 7.06. The molecule has 8 nitrogen and oxygen atoms in total. The number of carboxylic acid groups (broad SMARTS) is 1. The lowest BCUT2D eigenvalue weighted by molar-refractivity contribution is -0.305. The first-order valence-corrected chi connectivity index (χ1v) is 7.87. The largest absolute Gasteiger partial charge is 0.550 e. The number of hydrogen-bond donors (Lipinski definition) is 1. The lowest BCUT2D eigenvalue weighted by Gasteiger charge is -2.06. The van der Waals surface area contributed by atoms with Crippen LogP contribution < -0.4 is 16.0 Å². The fraction of sp³-hybridized carbons (Fsp3) is 0.438. The summed E-state index contributed by atoms with van der Waals surface area (Å²) in [5.74, 6) is -1.36. The molecule has 0 fully saturated rings. The smallest absolute Gasteiger partial charge is 0.277 e. The van der Waals surface area contributed by atoms with Crippen LogP contribution in [-0.4, -0.2) is 33.4 Å². The zero-order valence-electron chi connectivity index (χ0n) is 13.2. The molecule has 0 aliphatic carbocycles. The second-order valence-electron chi connectivity index (χ2n) is 5.42. The maximum Gasteiger partial charge on any atom is 0.277 e. The number of amides is 1. The number of carboxylic acids is 1. The molecule has 0 saturated heterocycles. The number of unbranched alkanes of at least 4 members (excludes halogenated alkanes) is 2. The number of aliphatic carboxylic acids is 1. The van der Waals surface area contributed by atoms with Crippen LogP contribution >= 0.6 is 0 Å². The van der Waals surface area contributed by atoms with Crippen LogP contribution in [0.5, 0.6) is 0 Å². The number of carbonyl (C=O) groups is 2. The van der Waals surface area contributed by atoms with Gasteiger partial charge in [-0.2, -0.15) is 0 Å². The highest BCUT2D eigenvalue weighted by molar-refractivity contribution is 5.77. The van der Waals surface area contributed by atoms with Crippen molar-refractivity contribution in [3.8, 4) is 0 Å². The third-order valence-electron chi connectivity index (χ3n) is 3.55. The van der Waals surface area contributed by atoms with Gasteiger partial charge >= 0.3 is 0 Å². The van der Waals surface area contributed by atoms with Gasteiger partial charge in [-0.3, -0.25) is 9.59 Å². The summed E-state index contributed by atoms with van der Waals surface area (Å²) in [6.45, 7) is 0.534. The van der Waals surface area contributed by atoms with E-state index in [1.807, 2.05) is 0 Å². The van der Waals surface area contributed by atoms with Crippen LogP contribution in [0, 0.1) is 0 Å². The third kappa shape index (κ3) is 5.15. The minimum Gasteiger partial charge on any atom is -0.550 e. The Morgan fingerprint density at radius 3 is 2.71 bits per heavy atom. The molecular formula is C16H19N4O4-. The summed E-state index contributed by atoms with van der Waals surface area (Å²) in [7, 11) is 0. The minimum absolute atomic E-state index is 0.0865. The van der Waals surface area contributed by atoms with Gasteiger partial charge in [0, 0.05) is 31.9 Å². The maximum atomic E-state index is 12.2. The van der Waals surface area contributed by atoms with Crippen molar-refractivity contribution in [1.82, 2.24) is 20.3 Å². The molecule has 0 unspecified atom stereocenters. The van der Waals surface area contributed by atoms with Crippen LogP contribution in [0.2, 0.25) is 0 Å². The van der Waals surface area contributed by atoms with Crippen LogP contribution in [0.15, 0.2) is 29.1 Å². The lowest BCUT2D eigenvalue weighted by Crippen LogP contribution is -2.30. The molecule has 128 valence electrons. The fourth-order valence-electron chi connectivity index (χ4n) is 2.29. The number of aromatic nitrogens is 3. The number of carbonyl (C=O) groups excluding carboxylic acids is 2. The highest BCUT2D eigenvalue weighted by Gasteiger charge is 2.05. The topological polar surface area (TPSA) is 117 Å². The van der Waals surface area contributed by atoms with Crippen molar-refractivity contribution in [1.29, 1.82) is 0 Å². The second-order valence-corrected chi connectivity index (χ2v) is 5.42. The fourth-order valence-corrected chi connectivity index (χ4v) is 2.29. The summed E-state index contributed by atoms with van der Waals surface area (Å²) in [5.41, 5.74) is 0.410. The molecule has 8 heteroatoms. The number of benzene rings is 1. The van der Waals surface area contributed by atoms with Gasteiger partial charge in [-0.15, -0.1) is 5.10 Å². The minimum atomic E-state index is -1.18.